The molecule has 2 heterocycles. The monoisotopic (exact) mass is 163 g/mol. The van der Waals surface area contributed by atoms with Crippen molar-refractivity contribution in [3.8, 4) is 0 Å². The van der Waals surface area contributed by atoms with E-state index in [1.54, 1.807) is 0 Å². The molecule has 0 amide bonds. The molecule has 0 fully saturated rings. The van der Waals surface area contributed by atoms with Gasteiger partial charge < -0.3 is 0 Å². The zero-order valence-electron chi connectivity index (χ0n) is 7.86. The first-order chi connectivity index (χ1) is 5.88. The lowest BCUT2D eigenvalue weighted by Crippen LogP contribution is -2.18. The van der Waals surface area contributed by atoms with Gasteiger partial charge in [0.05, 0.1) is 6.21 Å². The van der Waals surface area contributed by atoms with E-state index < -0.39 is 0 Å². The van der Waals surface area contributed by atoms with Crippen LogP contribution in [0.15, 0.2) is 29.4 Å². The molecular formula is C10H15N2+. The Morgan fingerprint density at radius 3 is 2.75 bits per heavy atom. The topological polar surface area (TPSA) is 15.4 Å². The van der Waals surface area contributed by atoms with Crippen molar-refractivity contribution >= 4 is 11.9 Å². The van der Waals surface area contributed by atoms with Gasteiger partial charge in [0.15, 0.2) is 11.9 Å². The minimum atomic E-state index is 0.241. The highest BCUT2D eigenvalue weighted by Gasteiger charge is 2.23. The molecule has 1 unspecified atom stereocenters. The van der Waals surface area contributed by atoms with E-state index in [2.05, 4.69) is 22.6 Å². The molecule has 0 saturated heterocycles. The van der Waals surface area contributed by atoms with Gasteiger partial charge in [-0.1, -0.05) is 19.9 Å². The van der Waals surface area contributed by atoms with E-state index in [-0.39, 0.29) is 6.17 Å². The van der Waals surface area contributed by atoms with Crippen LogP contribution in [0.2, 0.25) is 0 Å². The second kappa shape index (κ2) is 4.00. The molecule has 0 saturated carbocycles. The summed E-state index contributed by atoms with van der Waals surface area (Å²) in [5.74, 6) is 0. The molecule has 1 atom stereocenters. The number of nitrogens with zero attached hydrogens (tertiary/aromatic N) is 2. The van der Waals surface area contributed by atoms with Crippen LogP contribution < -0.4 is 0 Å². The molecule has 2 aliphatic rings. The molecule has 0 aromatic carbocycles. The van der Waals surface area contributed by atoms with E-state index >= 15 is 0 Å². The van der Waals surface area contributed by atoms with Crippen LogP contribution in [0.4, 0.5) is 0 Å². The number of hydrogen-bond acceptors (Lipinski definition) is 1. The van der Waals surface area contributed by atoms with Crippen molar-refractivity contribution in [3.63, 3.8) is 0 Å². The van der Waals surface area contributed by atoms with Gasteiger partial charge in [0.2, 0.25) is 0 Å². The molecule has 64 valence electrons. The molecule has 0 spiro atoms. The van der Waals surface area contributed by atoms with Crippen molar-refractivity contribution in [2.45, 2.75) is 26.9 Å². The third-order valence-corrected chi connectivity index (χ3v) is 1.75. The van der Waals surface area contributed by atoms with Crippen LogP contribution in [0.3, 0.4) is 0 Å². The first-order valence-electron chi connectivity index (χ1n) is 4.38. The lowest BCUT2D eigenvalue weighted by Gasteiger charge is -2.01. The maximum absolute atomic E-state index is 4.26. The minimum absolute atomic E-state index is 0.241. The standard InChI is InChI=1S/C8H9N2.C2H6/c1-7-6-9-8-4-2-3-5-10(7)8;1-2/h2-6,8H,1H3;1-2H3/q+1;. The molecule has 0 aromatic heterocycles. The van der Waals surface area contributed by atoms with Gasteiger partial charge >= 0.3 is 0 Å². The summed E-state index contributed by atoms with van der Waals surface area (Å²) >= 11 is 0. The van der Waals surface area contributed by atoms with E-state index in [0.29, 0.717) is 0 Å². The number of fused-ring (bicyclic) bond motifs is 1. The van der Waals surface area contributed by atoms with Crippen molar-refractivity contribution < 1.29 is 4.58 Å². The Labute approximate surface area is 73.6 Å². The summed E-state index contributed by atoms with van der Waals surface area (Å²) in [6, 6.07) is 0. The van der Waals surface area contributed by atoms with E-state index in [4.69, 9.17) is 0 Å². The Kier molecular flexibility index (Phi) is 2.97. The van der Waals surface area contributed by atoms with Gasteiger partial charge in [-0.2, -0.15) is 4.58 Å². The molecule has 2 heteroatoms. The molecular weight excluding hydrogens is 148 g/mol. The van der Waals surface area contributed by atoms with E-state index in [1.165, 1.54) is 5.71 Å². The summed E-state index contributed by atoms with van der Waals surface area (Å²) < 4.78 is 2.14. The largest absolute Gasteiger partial charge is 0.270 e. The predicted molar refractivity (Wildman–Crippen MR) is 52.8 cm³/mol. The Bertz CT molecular complexity index is 270. The van der Waals surface area contributed by atoms with Gasteiger partial charge in [-0.15, -0.1) is 0 Å². The molecule has 2 rings (SSSR count). The fourth-order valence-corrected chi connectivity index (χ4v) is 1.19. The van der Waals surface area contributed by atoms with Gasteiger partial charge in [0.25, 0.3) is 6.17 Å². The summed E-state index contributed by atoms with van der Waals surface area (Å²) in [6.07, 6.45) is 10.3. The van der Waals surface area contributed by atoms with Gasteiger partial charge in [-0.25, -0.2) is 4.99 Å². The molecule has 0 N–H and O–H groups in total. The summed E-state index contributed by atoms with van der Waals surface area (Å²) in [4.78, 5) is 4.26. The second-order valence-corrected chi connectivity index (χ2v) is 2.47. The molecule has 0 radical (unpaired) electrons. The van der Waals surface area contributed by atoms with Crippen LogP contribution in [-0.2, 0) is 0 Å². The number of rotatable bonds is 0. The lowest BCUT2D eigenvalue weighted by atomic mass is 10.3. The van der Waals surface area contributed by atoms with Gasteiger partial charge in [0, 0.05) is 19.1 Å². The highest BCUT2D eigenvalue weighted by molar-refractivity contribution is 6.27. The molecule has 0 aliphatic carbocycles. The summed E-state index contributed by atoms with van der Waals surface area (Å²) in [6.45, 7) is 6.06. The average molecular weight is 163 g/mol. The summed E-state index contributed by atoms with van der Waals surface area (Å²) in [5.41, 5.74) is 1.21. The van der Waals surface area contributed by atoms with E-state index in [0.717, 1.165) is 0 Å². The van der Waals surface area contributed by atoms with Crippen LogP contribution >= 0.6 is 0 Å². The molecule has 2 nitrogen and oxygen atoms in total. The number of allylic oxidation sites excluding steroid dienone is 2. The fourth-order valence-electron chi connectivity index (χ4n) is 1.19. The third-order valence-electron chi connectivity index (χ3n) is 1.75. The Balaban J connectivity index is 0.000000336. The van der Waals surface area contributed by atoms with Gasteiger partial charge in [0.1, 0.15) is 0 Å². The predicted octanol–water partition coefficient (Wildman–Crippen LogP) is 1.98. The van der Waals surface area contributed by atoms with Crippen LogP contribution in [0.1, 0.15) is 20.8 Å². The van der Waals surface area contributed by atoms with Crippen LogP contribution in [0, 0.1) is 0 Å². The number of aliphatic imine (C=N–C) groups is 1. The van der Waals surface area contributed by atoms with Crippen LogP contribution in [0.5, 0.6) is 0 Å². The normalized spacial score (nSPS) is 23.8. The second-order valence-electron chi connectivity index (χ2n) is 2.47. The first kappa shape index (κ1) is 8.91. The van der Waals surface area contributed by atoms with Gasteiger partial charge in [-0.3, -0.25) is 0 Å². The Morgan fingerprint density at radius 1 is 1.33 bits per heavy atom. The third kappa shape index (κ3) is 1.52. The maximum atomic E-state index is 4.26. The average Bonchev–Trinajstić information content (AvgIpc) is 2.53. The van der Waals surface area contributed by atoms with Crippen molar-refractivity contribution in [1.82, 2.24) is 0 Å². The van der Waals surface area contributed by atoms with Crippen molar-refractivity contribution in [2.75, 3.05) is 0 Å². The summed E-state index contributed by atoms with van der Waals surface area (Å²) in [7, 11) is 0. The Morgan fingerprint density at radius 2 is 2.08 bits per heavy atom. The quantitative estimate of drug-likeness (QED) is 0.485. The van der Waals surface area contributed by atoms with E-state index in [1.807, 2.05) is 38.4 Å². The van der Waals surface area contributed by atoms with Crippen molar-refractivity contribution in [2.24, 2.45) is 4.99 Å². The van der Waals surface area contributed by atoms with Crippen LogP contribution in [0.25, 0.3) is 0 Å². The minimum Gasteiger partial charge on any atom is -0.215 e. The highest BCUT2D eigenvalue weighted by atomic mass is 15.2. The lowest BCUT2D eigenvalue weighted by molar-refractivity contribution is -0.480. The fraction of sp³-hybridized carbons (Fsp3) is 0.400. The van der Waals surface area contributed by atoms with Crippen molar-refractivity contribution in [3.05, 3.63) is 24.4 Å². The van der Waals surface area contributed by atoms with Crippen molar-refractivity contribution in [1.29, 1.82) is 0 Å². The first-order valence-corrected chi connectivity index (χ1v) is 4.38. The highest BCUT2D eigenvalue weighted by Crippen LogP contribution is 2.07. The zero-order chi connectivity index (χ0) is 8.97. The smallest absolute Gasteiger partial charge is 0.215 e. The summed E-state index contributed by atoms with van der Waals surface area (Å²) in [5, 5.41) is 0. The SMILES string of the molecule is CC.CC1=[N+]2C=CC=CC2N=C1. The molecule has 0 bridgehead atoms. The van der Waals surface area contributed by atoms with Gasteiger partial charge in [-0.05, 0) is 0 Å². The molecule has 0 aromatic rings. The Hall–Kier alpha value is -1.18. The molecule has 2 aliphatic heterocycles. The van der Waals surface area contributed by atoms with E-state index in [9.17, 15) is 0 Å². The molecule has 12 heavy (non-hydrogen) atoms. The maximum Gasteiger partial charge on any atom is 0.270 e. The zero-order valence-corrected chi connectivity index (χ0v) is 7.86. The van der Waals surface area contributed by atoms with Crippen LogP contribution in [-0.4, -0.2) is 22.7 Å². The number of hydrogen-bond donors (Lipinski definition) is 0.